The van der Waals surface area contributed by atoms with Gasteiger partial charge in [-0.25, -0.2) is 4.39 Å². The topological polar surface area (TPSA) is 59.4 Å². The molecule has 22 heavy (non-hydrogen) atoms. The van der Waals surface area contributed by atoms with E-state index in [2.05, 4.69) is 9.72 Å². The summed E-state index contributed by atoms with van der Waals surface area (Å²) in [4.78, 5) is 14.4. The number of halogens is 4. The summed E-state index contributed by atoms with van der Waals surface area (Å²) in [6.07, 6.45) is -4.73. The number of aromatic nitrogens is 1. The Morgan fingerprint density at radius 1 is 1.27 bits per heavy atom. The van der Waals surface area contributed by atoms with Crippen LogP contribution in [0.25, 0.3) is 11.3 Å². The number of hydrogen-bond acceptors (Lipinski definition) is 3. The van der Waals surface area contributed by atoms with Crippen LogP contribution < -0.4 is 4.74 Å². The van der Waals surface area contributed by atoms with E-state index in [0.717, 1.165) is 18.3 Å². The number of pyridine rings is 1. The third-order valence-electron chi connectivity index (χ3n) is 2.67. The highest BCUT2D eigenvalue weighted by Gasteiger charge is 2.32. The first-order valence-electron chi connectivity index (χ1n) is 5.97. The molecule has 0 bridgehead atoms. The van der Waals surface area contributed by atoms with Gasteiger partial charge in [0, 0.05) is 11.1 Å². The van der Waals surface area contributed by atoms with Gasteiger partial charge in [0.2, 0.25) is 0 Å². The molecule has 116 valence electrons. The first-order valence-corrected chi connectivity index (χ1v) is 5.97. The molecule has 2 rings (SSSR count). The highest BCUT2D eigenvalue weighted by atomic mass is 19.4. The van der Waals surface area contributed by atoms with Gasteiger partial charge in [-0.3, -0.25) is 9.78 Å². The van der Waals surface area contributed by atoms with Crippen LogP contribution in [0.4, 0.5) is 17.6 Å². The third kappa shape index (κ3) is 3.94. The molecule has 0 fully saturated rings. The molecule has 0 aliphatic heterocycles. The number of carbonyl (C=O) groups is 1. The lowest BCUT2D eigenvalue weighted by molar-refractivity contribution is -0.274. The predicted molar refractivity (Wildman–Crippen MR) is 67.7 cm³/mol. The second-order valence-corrected chi connectivity index (χ2v) is 4.28. The van der Waals surface area contributed by atoms with Gasteiger partial charge in [0.1, 0.15) is 11.6 Å². The van der Waals surface area contributed by atoms with Gasteiger partial charge >= 0.3 is 12.3 Å². The smallest absolute Gasteiger partial charge is 0.481 e. The summed E-state index contributed by atoms with van der Waals surface area (Å²) >= 11 is 0. The van der Waals surface area contributed by atoms with Gasteiger partial charge in [0.25, 0.3) is 0 Å². The zero-order valence-electron chi connectivity index (χ0n) is 10.9. The Labute approximate surface area is 122 Å². The number of aliphatic carboxylic acids is 1. The maximum Gasteiger partial charge on any atom is 0.573 e. The Kier molecular flexibility index (Phi) is 4.30. The lowest BCUT2D eigenvalue weighted by Gasteiger charge is -2.13. The maximum atomic E-state index is 13.5. The van der Waals surface area contributed by atoms with Gasteiger partial charge in [-0.2, -0.15) is 0 Å². The molecule has 0 saturated heterocycles. The summed E-state index contributed by atoms with van der Waals surface area (Å²) in [5.41, 5.74) is -0.219. The van der Waals surface area contributed by atoms with Crippen LogP contribution in [0, 0.1) is 5.82 Å². The van der Waals surface area contributed by atoms with E-state index in [1.807, 2.05) is 0 Å². The van der Waals surface area contributed by atoms with Crippen LogP contribution >= 0.6 is 0 Å². The minimum absolute atomic E-state index is 0.0162. The normalized spacial score (nSPS) is 11.3. The van der Waals surface area contributed by atoms with Crippen molar-refractivity contribution in [3.63, 3.8) is 0 Å². The van der Waals surface area contributed by atoms with Crippen LogP contribution in [0.1, 0.15) is 5.56 Å². The van der Waals surface area contributed by atoms with Crippen LogP contribution in [0.2, 0.25) is 0 Å². The average molecular weight is 315 g/mol. The van der Waals surface area contributed by atoms with E-state index < -0.39 is 30.3 Å². The molecule has 0 amide bonds. The summed E-state index contributed by atoms with van der Waals surface area (Å²) in [6, 6.07) is 6.28. The van der Waals surface area contributed by atoms with Crippen molar-refractivity contribution in [2.24, 2.45) is 0 Å². The van der Waals surface area contributed by atoms with Crippen molar-refractivity contribution in [2.75, 3.05) is 0 Å². The largest absolute Gasteiger partial charge is 0.573 e. The molecule has 8 heteroatoms. The van der Waals surface area contributed by atoms with Gasteiger partial charge in [-0.05, 0) is 18.2 Å². The van der Waals surface area contributed by atoms with Gasteiger partial charge in [0.15, 0.2) is 0 Å². The van der Waals surface area contributed by atoms with E-state index in [1.165, 1.54) is 18.2 Å². The lowest BCUT2D eigenvalue weighted by Crippen LogP contribution is -2.17. The molecule has 2 aromatic rings. The number of benzene rings is 1. The van der Waals surface area contributed by atoms with Crippen molar-refractivity contribution < 1.29 is 32.2 Å². The second kappa shape index (κ2) is 6.00. The first-order chi connectivity index (χ1) is 10.3. The minimum Gasteiger partial charge on any atom is -0.481 e. The van der Waals surface area contributed by atoms with Crippen LogP contribution in [-0.2, 0) is 11.2 Å². The fourth-order valence-corrected chi connectivity index (χ4v) is 1.82. The zero-order chi connectivity index (χ0) is 16.3. The quantitative estimate of drug-likeness (QED) is 0.878. The molecular weight excluding hydrogens is 306 g/mol. The minimum atomic E-state index is -4.89. The predicted octanol–water partition coefficient (Wildman–Crippen LogP) is 3.41. The molecule has 4 nitrogen and oxygen atoms in total. The van der Waals surface area contributed by atoms with Gasteiger partial charge in [0.05, 0.1) is 18.3 Å². The van der Waals surface area contributed by atoms with Crippen LogP contribution in [0.5, 0.6) is 5.75 Å². The lowest BCUT2D eigenvalue weighted by atomic mass is 10.1. The highest BCUT2D eigenvalue weighted by molar-refractivity contribution is 5.72. The van der Waals surface area contributed by atoms with Crippen molar-refractivity contribution in [1.29, 1.82) is 0 Å². The van der Waals surface area contributed by atoms with Crippen molar-refractivity contribution in [3.05, 3.63) is 47.9 Å². The fourth-order valence-electron chi connectivity index (χ4n) is 1.82. The molecule has 1 N–H and O–H groups in total. The third-order valence-corrected chi connectivity index (χ3v) is 2.67. The molecule has 0 spiro atoms. The van der Waals surface area contributed by atoms with Gasteiger partial charge in [-0.15, -0.1) is 13.2 Å². The van der Waals surface area contributed by atoms with Crippen LogP contribution in [0.15, 0.2) is 36.5 Å². The number of para-hydroxylation sites is 1. The Morgan fingerprint density at radius 3 is 2.59 bits per heavy atom. The standard InChI is InChI=1S/C14H9F4NO3/c15-10-7-19-11(5-8(10)6-13(20)21)9-3-1-2-4-12(9)22-14(16,17)18/h1-5,7H,6H2,(H,20,21). The van der Waals surface area contributed by atoms with E-state index in [0.29, 0.717) is 0 Å². The van der Waals surface area contributed by atoms with Crippen molar-refractivity contribution in [2.45, 2.75) is 12.8 Å². The SMILES string of the molecule is O=C(O)Cc1cc(-c2ccccc2OC(F)(F)F)ncc1F. The molecule has 1 aromatic carbocycles. The number of hydrogen-bond donors (Lipinski definition) is 1. The van der Waals surface area contributed by atoms with Crippen molar-refractivity contribution in [3.8, 4) is 17.0 Å². The molecule has 1 aromatic heterocycles. The zero-order valence-corrected chi connectivity index (χ0v) is 10.9. The molecule has 0 aliphatic carbocycles. The number of rotatable bonds is 4. The fraction of sp³-hybridized carbons (Fsp3) is 0.143. The second-order valence-electron chi connectivity index (χ2n) is 4.28. The van der Waals surface area contributed by atoms with Crippen molar-refractivity contribution >= 4 is 5.97 Å². The maximum absolute atomic E-state index is 13.5. The molecule has 0 atom stereocenters. The van der Waals surface area contributed by atoms with Crippen molar-refractivity contribution in [1.82, 2.24) is 4.98 Å². The van der Waals surface area contributed by atoms with Gasteiger partial charge < -0.3 is 9.84 Å². The Balaban J connectivity index is 2.46. The number of carboxylic acid groups (broad SMARTS) is 1. The summed E-state index contributed by atoms with van der Waals surface area (Å²) in [5, 5.41) is 8.70. The van der Waals surface area contributed by atoms with E-state index >= 15 is 0 Å². The van der Waals surface area contributed by atoms with Crippen LogP contribution in [0.3, 0.4) is 0 Å². The average Bonchev–Trinajstić information content (AvgIpc) is 2.40. The summed E-state index contributed by atoms with van der Waals surface area (Å²) in [6.45, 7) is 0. The molecular formula is C14H9F4NO3. The Hall–Kier alpha value is -2.64. The number of carboxylic acids is 1. The molecule has 1 heterocycles. The monoisotopic (exact) mass is 315 g/mol. The van der Waals surface area contributed by atoms with E-state index in [9.17, 15) is 22.4 Å². The summed E-state index contributed by atoms with van der Waals surface area (Å²) in [7, 11) is 0. The van der Waals surface area contributed by atoms with E-state index in [1.54, 1.807) is 0 Å². The highest BCUT2D eigenvalue weighted by Crippen LogP contribution is 2.33. The Morgan fingerprint density at radius 2 is 1.95 bits per heavy atom. The molecule has 0 radical (unpaired) electrons. The van der Waals surface area contributed by atoms with E-state index in [-0.39, 0.29) is 16.8 Å². The van der Waals surface area contributed by atoms with Gasteiger partial charge in [-0.1, -0.05) is 12.1 Å². The Bertz CT molecular complexity index is 701. The number of alkyl halides is 3. The first kappa shape index (κ1) is 15.7. The number of nitrogens with zero attached hydrogens (tertiary/aromatic N) is 1. The number of ether oxygens (including phenoxy) is 1. The van der Waals surface area contributed by atoms with E-state index in [4.69, 9.17) is 5.11 Å². The molecule has 0 aliphatic rings. The summed E-state index contributed by atoms with van der Waals surface area (Å²) < 4.78 is 54.5. The van der Waals surface area contributed by atoms with Crippen LogP contribution in [-0.4, -0.2) is 22.4 Å². The summed E-state index contributed by atoms with van der Waals surface area (Å²) in [5.74, 6) is -2.62. The molecule has 0 saturated carbocycles. The molecule has 0 unspecified atom stereocenters.